The van der Waals surface area contributed by atoms with Gasteiger partial charge in [-0.3, -0.25) is 4.79 Å². The number of hydrogen-bond donors (Lipinski definition) is 9. The molecule has 626 valence electrons. The van der Waals surface area contributed by atoms with Gasteiger partial charge >= 0.3 is 0 Å². The second-order valence-corrected chi connectivity index (χ2v) is 33.5. The maximum atomic E-state index is 13.5. The normalized spacial score (nSPS) is 21.2. The molecule has 12 unspecified atom stereocenters. The summed E-state index contributed by atoms with van der Waals surface area (Å²) < 4.78 is 23.0. The topological polar surface area (TPSA) is 228 Å². The zero-order valence-corrected chi connectivity index (χ0v) is 69.3. The maximum absolute atomic E-state index is 13.5. The first kappa shape index (κ1) is 100. The van der Waals surface area contributed by atoms with Crippen molar-refractivity contribution < 1.29 is 64.6 Å². The first-order valence-corrected chi connectivity index (χ1v) is 46.8. The number of nitrogens with one attached hydrogen (secondary N) is 1. The summed E-state index contributed by atoms with van der Waals surface area (Å²) in [7, 11) is 0. The van der Waals surface area contributed by atoms with E-state index in [2.05, 4.69) is 19.2 Å². The number of ether oxygens (including phenoxy) is 4. The van der Waals surface area contributed by atoms with Gasteiger partial charge in [-0.25, -0.2) is 0 Å². The van der Waals surface area contributed by atoms with E-state index in [0.717, 1.165) is 51.4 Å². The zero-order valence-electron chi connectivity index (χ0n) is 69.3. The van der Waals surface area contributed by atoms with Crippen molar-refractivity contribution in [3.8, 4) is 0 Å². The highest BCUT2D eigenvalue weighted by Gasteiger charge is 2.51. The first-order valence-electron chi connectivity index (χ1n) is 46.8. The molecule has 2 heterocycles. The highest BCUT2D eigenvalue weighted by Crippen LogP contribution is 2.31. The first-order chi connectivity index (χ1) is 51.6. The minimum atomic E-state index is -1.78. The smallest absolute Gasteiger partial charge is 0.220 e. The fourth-order valence-electron chi connectivity index (χ4n) is 16.3. The molecular formula is C91H179NO13. The summed E-state index contributed by atoms with van der Waals surface area (Å²) in [4.78, 5) is 13.5. The predicted molar refractivity (Wildman–Crippen MR) is 439 cm³/mol. The summed E-state index contributed by atoms with van der Waals surface area (Å²) in [6, 6.07) is -0.827. The lowest BCUT2D eigenvalue weighted by atomic mass is 9.97. The van der Waals surface area contributed by atoms with Gasteiger partial charge in [0.1, 0.15) is 48.8 Å². The molecule has 0 aromatic carbocycles. The van der Waals surface area contributed by atoms with Crippen LogP contribution in [0.1, 0.15) is 483 Å². The molecule has 0 bridgehead atoms. The van der Waals surface area contributed by atoms with Crippen molar-refractivity contribution in [2.24, 2.45) is 0 Å². The molecule has 0 aromatic heterocycles. The quantitative estimate of drug-likeness (QED) is 0.0259. The number of hydrogen-bond acceptors (Lipinski definition) is 13. The number of unbranched alkanes of at least 4 members (excludes halogenated alkanes) is 69. The molecule has 0 saturated carbocycles. The molecule has 2 fully saturated rings. The van der Waals surface area contributed by atoms with Gasteiger partial charge in [0.05, 0.1) is 32.0 Å². The average molecular weight is 1500 g/mol. The van der Waals surface area contributed by atoms with Crippen molar-refractivity contribution in [2.45, 2.75) is 556 Å². The number of carbonyl (C=O) groups excluding carboxylic acids is 1. The Hall–Kier alpha value is -1.01. The Labute approximate surface area is 648 Å². The molecule has 0 aromatic rings. The molecule has 14 heteroatoms. The van der Waals surface area contributed by atoms with E-state index in [0.29, 0.717) is 12.8 Å². The summed E-state index contributed by atoms with van der Waals surface area (Å²) in [5, 5.41) is 88.1. The van der Waals surface area contributed by atoms with Crippen LogP contribution in [0.2, 0.25) is 0 Å². The Kier molecular flexibility index (Phi) is 72.1. The Bertz CT molecular complexity index is 1760. The second kappa shape index (κ2) is 75.7. The van der Waals surface area contributed by atoms with Gasteiger partial charge in [0.2, 0.25) is 5.91 Å². The summed E-state index contributed by atoms with van der Waals surface area (Å²) >= 11 is 0. The number of amides is 1. The van der Waals surface area contributed by atoms with Gasteiger partial charge in [-0.2, -0.15) is 0 Å². The van der Waals surface area contributed by atoms with E-state index in [1.54, 1.807) is 0 Å². The Morgan fingerprint density at radius 2 is 0.543 bits per heavy atom. The van der Waals surface area contributed by atoms with Gasteiger partial charge in [-0.1, -0.05) is 463 Å². The highest BCUT2D eigenvalue weighted by atomic mass is 16.7. The average Bonchev–Trinajstić information content (AvgIpc) is 0.789. The fourth-order valence-corrected chi connectivity index (χ4v) is 16.3. The minimum Gasteiger partial charge on any atom is -0.394 e. The van der Waals surface area contributed by atoms with E-state index >= 15 is 0 Å². The van der Waals surface area contributed by atoms with Crippen LogP contribution < -0.4 is 5.32 Å². The molecule has 105 heavy (non-hydrogen) atoms. The molecule has 2 rings (SSSR count). The van der Waals surface area contributed by atoms with Crippen molar-refractivity contribution >= 4 is 5.91 Å². The molecule has 14 nitrogen and oxygen atoms in total. The van der Waals surface area contributed by atoms with Gasteiger partial charge in [-0.05, 0) is 12.8 Å². The monoisotopic (exact) mass is 1490 g/mol. The third kappa shape index (κ3) is 57.6. The summed E-state index contributed by atoms with van der Waals surface area (Å²) in [6.45, 7) is 2.96. The van der Waals surface area contributed by atoms with Crippen molar-refractivity contribution in [2.75, 3.05) is 19.8 Å². The van der Waals surface area contributed by atoms with Crippen LogP contribution in [0.15, 0.2) is 0 Å². The van der Waals surface area contributed by atoms with Crippen LogP contribution >= 0.6 is 0 Å². The molecule has 0 aliphatic carbocycles. The predicted octanol–water partition coefficient (Wildman–Crippen LogP) is 23.0. The molecule has 9 N–H and O–H groups in total. The lowest BCUT2D eigenvalue weighted by molar-refractivity contribution is -0.359. The van der Waals surface area contributed by atoms with Gasteiger partial charge in [0, 0.05) is 6.42 Å². The summed E-state index contributed by atoms with van der Waals surface area (Å²) in [5.74, 6) is -0.193. The van der Waals surface area contributed by atoms with Crippen LogP contribution in [0, 0.1) is 0 Å². The van der Waals surface area contributed by atoms with E-state index in [9.17, 15) is 45.6 Å². The lowest BCUT2D eigenvalue weighted by Gasteiger charge is -2.46. The van der Waals surface area contributed by atoms with E-state index in [-0.39, 0.29) is 12.5 Å². The van der Waals surface area contributed by atoms with Crippen LogP contribution in [0.4, 0.5) is 0 Å². The maximum Gasteiger partial charge on any atom is 0.220 e. The molecule has 1 amide bonds. The van der Waals surface area contributed by atoms with Crippen LogP contribution in [-0.4, -0.2) is 140 Å². The highest BCUT2D eigenvalue weighted by molar-refractivity contribution is 5.76. The molecule has 12 atom stereocenters. The molecular weight excluding hydrogens is 1310 g/mol. The third-order valence-corrected chi connectivity index (χ3v) is 23.6. The Morgan fingerprint density at radius 3 is 0.810 bits per heavy atom. The number of carbonyl (C=O) groups is 1. The van der Waals surface area contributed by atoms with E-state index < -0.39 is 86.8 Å². The van der Waals surface area contributed by atoms with Crippen molar-refractivity contribution in [1.82, 2.24) is 5.32 Å². The number of aliphatic hydroxyl groups excluding tert-OH is 8. The standard InChI is InChI=1S/C91H179NO13/c1-3-5-7-9-11-13-15-17-19-21-23-25-27-29-31-33-35-37-38-39-40-41-42-43-45-47-49-51-53-55-57-59-61-63-65-67-69-71-73-75-83(96)92-79(78-102-90-88(101)86(99)89(82(77-94)104-90)105-91-87(100)85(98)84(97)81(76-93)103-91)80(95)74-72-70-68-66-64-62-60-58-56-54-52-50-48-46-44-36-34-32-30-28-26-24-22-20-18-16-14-12-10-8-6-4-2/h79-82,84-91,93-95,97-101H,3-78H2,1-2H3,(H,92,96). The van der Waals surface area contributed by atoms with E-state index in [1.807, 2.05) is 0 Å². The van der Waals surface area contributed by atoms with Crippen LogP contribution in [-0.2, 0) is 23.7 Å². The van der Waals surface area contributed by atoms with Crippen molar-refractivity contribution in [3.05, 3.63) is 0 Å². The summed E-state index contributed by atoms with van der Waals surface area (Å²) in [6.07, 6.45) is 80.6. The third-order valence-electron chi connectivity index (χ3n) is 23.6. The van der Waals surface area contributed by atoms with Gasteiger partial charge in [0.15, 0.2) is 12.6 Å². The zero-order chi connectivity index (χ0) is 75.8. The second-order valence-electron chi connectivity index (χ2n) is 33.5. The van der Waals surface area contributed by atoms with Gasteiger partial charge < -0.3 is 65.1 Å². The largest absolute Gasteiger partial charge is 0.394 e. The Morgan fingerprint density at radius 1 is 0.305 bits per heavy atom. The van der Waals surface area contributed by atoms with E-state index in [4.69, 9.17) is 18.9 Å². The van der Waals surface area contributed by atoms with Gasteiger partial charge in [0.25, 0.3) is 0 Å². The van der Waals surface area contributed by atoms with E-state index in [1.165, 1.54) is 405 Å². The molecule has 2 saturated heterocycles. The number of rotatable bonds is 82. The molecule has 2 aliphatic rings. The molecule has 0 radical (unpaired) electrons. The fraction of sp³-hybridized carbons (Fsp3) is 0.989. The summed E-state index contributed by atoms with van der Waals surface area (Å²) in [5.41, 5.74) is 0. The van der Waals surface area contributed by atoms with Crippen molar-refractivity contribution in [1.29, 1.82) is 0 Å². The SMILES string of the molecule is CCCCCCCCCCCCCCCCCCCCCCCCCCCCCCCCCCCCCCCCCC(=O)NC(COC1OC(CO)C(OC2OC(CO)C(O)C(O)C2O)C(O)C1O)C(O)CCCCCCCCCCCCCCCCCCCCCCCCCCCCCCCCCC. The molecule has 2 aliphatic heterocycles. The molecule has 0 spiro atoms. The lowest BCUT2D eigenvalue weighted by Crippen LogP contribution is -2.65. The van der Waals surface area contributed by atoms with Crippen LogP contribution in [0.25, 0.3) is 0 Å². The van der Waals surface area contributed by atoms with Gasteiger partial charge in [-0.15, -0.1) is 0 Å². The number of aliphatic hydroxyl groups is 8. The minimum absolute atomic E-state index is 0.193. The van der Waals surface area contributed by atoms with Crippen LogP contribution in [0.5, 0.6) is 0 Å². The Balaban J connectivity index is 1.53. The van der Waals surface area contributed by atoms with Crippen molar-refractivity contribution in [3.63, 3.8) is 0 Å². The van der Waals surface area contributed by atoms with Crippen LogP contribution in [0.3, 0.4) is 0 Å².